The average molecular weight is 316 g/mol. The highest BCUT2D eigenvalue weighted by Crippen LogP contribution is 2.30. The fourth-order valence-electron chi connectivity index (χ4n) is 1.83. The van der Waals surface area contributed by atoms with E-state index in [2.05, 4.69) is 4.74 Å². The predicted octanol–water partition coefficient (Wildman–Crippen LogP) is 2.30. The summed E-state index contributed by atoms with van der Waals surface area (Å²) in [6.07, 6.45) is 0. The van der Waals surface area contributed by atoms with Crippen LogP contribution in [0.4, 0.5) is 0 Å². The van der Waals surface area contributed by atoms with Gasteiger partial charge < -0.3 is 19.3 Å². The molecule has 0 aromatic heterocycles. The van der Waals surface area contributed by atoms with Gasteiger partial charge in [0.05, 0.1) is 7.11 Å². The number of hydrogen-bond donors (Lipinski definition) is 1. The maximum absolute atomic E-state index is 11.7. The molecule has 0 aliphatic heterocycles. The number of rotatable bonds is 6. The van der Waals surface area contributed by atoms with Gasteiger partial charge >= 0.3 is 11.9 Å². The Hall–Kier alpha value is -3.02. The van der Waals surface area contributed by atoms with E-state index >= 15 is 0 Å². The maximum Gasteiger partial charge on any atom is 0.344 e. The molecule has 0 amide bonds. The van der Waals surface area contributed by atoms with Crippen molar-refractivity contribution in [3.8, 4) is 11.5 Å². The van der Waals surface area contributed by atoms with Crippen LogP contribution in [0.5, 0.6) is 11.5 Å². The van der Waals surface area contributed by atoms with Gasteiger partial charge in [0.1, 0.15) is 12.2 Å². The second-order valence-corrected chi connectivity index (χ2v) is 4.58. The Morgan fingerprint density at radius 3 is 2.48 bits per heavy atom. The van der Waals surface area contributed by atoms with Gasteiger partial charge in [-0.1, -0.05) is 36.4 Å². The third kappa shape index (κ3) is 4.47. The SMILES string of the molecule is COC(=O)c1cccc(OCC(=O)OCc2ccccc2)c1O. The fourth-order valence-corrected chi connectivity index (χ4v) is 1.83. The number of carbonyl (C=O) groups excluding carboxylic acids is 2. The van der Waals surface area contributed by atoms with Crippen molar-refractivity contribution in [3.05, 3.63) is 59.7 Å². The molecule has 6 heteroatoms. The summed E-state index contributed by atoms with van der Waals surface area (Å²) in [5, 5.41) is 9.93. The zero-order chi connectivity index (χ0) is 16.7. The lowest BCUT2D eigenvalue weighted by molar-refractivity contribution is -0.147. The lowest BCUT2D eigenvalue weighted by Crippen LogP contribution is -2.15. The number of esters is 2. The van der Waals surface area contributed by atoms with E-state index in [0.29, 0.717) is 0 Å². The largest absolute Gasteiger partial charge is 0.504 e. The summed E-state index contributed by atoms with van der Waals surface area (Å²) in [6.45, 7) is -0.248. The van der Waals surface area contributed by atoms with Crippen molar-refractivity contribution in [2.75, 3.05) is 13.7 Å². The summed E-state index contributed by atoms with van der Waals surface area (Å²) >= 11 is 0. The lowest BCUT2D eigenvalue weighted by atomic mass is 10.2. The summed E-state index contributed by atoms with van der Waals surface area (Å²) in [5.41, 5.74) is 0.819. The van der Waals surface area contributed by atoms with Gasteiger partial charge in [0.25, 0.3) is 0 Å². The molecule has 23 heavy (non-hydrogen) atoms. The van der Waals surface area contributed by atoms with Crippen molar-refractivity contribution < 1.29 is 28.9 Å². The number of benzene rings is 2. The van der Waals surface area contributed by atoms with Crippen molar-refractivity contribution in [2.24, 2.45) is 0 Å². The van der Waals surface area contributed by atoms with Crippen LogP contribution >= 0.6 is 0 Å². The van der Waals surface area contributed by atoms with Crippen molar-refractivity contribution in [3.63, 3.8) is 0 Å². The topological polar surface area (TPSA) is 82.1 Å². The Balaban J connectivity index is 1.90. The van der Waals surface area contributed by atoms with Crippen LogP contribution in [0.2, 0.25) is 0 Å². The first-order chi connectivity index (χ1) is 11.1. The van der Waals surface area contributed by atoms with Crippen LogP contribution < -0.4 is 4.74 Å². The molecule has 0 heterocycles. The van der Waals surface area contributed by atoms with Crippen LogP contribution in [-0.4, -0.2) is 30.8 Å². The van der Waals surface area contributed by atoms with E-state index in [1.165, 1.54) is 25.3 Å². The number of methoxy groups -OCH3 is 1. The Bertz CT molecular complexity index is 681. The first-order valence-electron chi connectivity index (χ1n) is 6.84. The molecule has 0 unspecified atom stereocenters. The third-order valence-electron chi connectivity index (χ3n) is 2.99. The Morgan fingerprint density at radius 1 is 1.04 bits per heavy atom. The van der Waals surface area contributed by atoms with E-state index in [1.54, 1.807) is 0 Å². The summed E-state index contributed by atoms with van der Waals surface area (Å²) < 4.78 is 14.8. The normalized spacial score (nSPS) is 9.96. The Kier molecular flexibility index (Phi) is 5.57. The summed E-state index contributed by atoms with van der Waals surface area (Å²) in [5.74, 6) is -1.66. The van der Waals surface area contributed by atoms with Crippen LogP contribution in [0.25, 0.3) is 0 Å². The minimum Gasteiger partial charge on any atom is -0.504 e. The van der Waals surface area contributed by atoms with Crippen molar-refractivity contribution in [2.45, 2.75) is 6.61 Å². The zero-order valence-electron chi connectivity index (χ0n) is 12.5. The molecular formula is C17H16O6. The molecule has 6 nitrogen and oxygen atoms in total. The molecular weight excluding hydrogens is 300 g/mol. The van der Waals surface area contributed by atoms with Gasteiger partial charge in [-0.15, -0.1) is 0 Å². The summed E-state index contributed by atoms with van der Waals surface area (Å²) in [7, 11) is 1.20. The molecule has 0 spiro atoms. The zero-order valence-corrected chi connectivity index (χ0v) is 12.5. The average Bonchev–Trinajstić information content (AvgIpc) is 2.59. The number of phenols is 1. The van der Waals surface area contributed by atoms with Gasteiger partial charge in [-0.05, 0) is 17.7 Å². The molecule has 2 aromatic carbocycles. The van der Waals surface area contributed by atoms with Crippen LogP contribution in [0.3, 0.4) is 0 Å². The third-order valence-corrected chi connectivity index (χ3v) is 2.99. The van der Waals surface area contributed by atoms with Gasteiger partial charge in [-0.2, -0.15) is 0 Å². The van der Waals surface area contributed by atoms with Gasteiger partial charge in [-0.3, -0.25) is 0 Å². The molecule has 2 rings (SSSR count). The fraction of sp³-hybridized carbons (Fsp3) is 0.176. The van der Waals surface area contributed by atoms with Crippen molar-refractivity contribution in [1.82, 2.24) is 0 Å². The van der Waals surface area contributed by atoms with Crippen molar-refractivity contribution >= 4 is 11.9 Å². The van der Waals surface area contributed by atoms with E-state index in [-0.39, 0.29) is 30.3 Å². The molecule has 0 bridgehead atoms. The standard InChI is InChI=1S/C17H16O6/c1-21-17(20)13-8-5-9-14(16(13)19)22-11-15(18)23-10-12-6-3-2-4-7-12/h2-9,19H,10-11H2,1H3. The molecule has 0 fully saturated rings. The van der Waals surface area contributed by atoms with Gasteiger partial charge in [-0.25, -0.2) is 9.59 Å². The Labute approximate surface area is 133 Å². The monoisotopic (exact) mass is 316 g/mol. The van der Waals surface area contributed by atoms with E-state index in [0.717, 1.165) is 5.56 Å². The van der Waals surface area contributed by atoms with Crippen molar-refractivity contribution in [1.29, 1.82) is 0 Å². The van der Waals surface area contributed by atoms with E-state index in [1.807, 2.05) is 30.3 Å². The smallest absolute Gasteiger partial charge is 0.344 e. The lowest BCUT2D eigenvalue weighted by Gasteiger charge is -2.10. The van der Waals surface area contributed by atoms with Gasteiger partial charge in [0.2, 0.25) is 0 Å². The van der Waals surface area contributed by atoms with Crippen LogP contribution in [0, 0.1) is 0 Å². The number of para-hydroxylation sites is 1. The quantitative estimate of drug-likeness (QED) is 0.824. The Morgan fingerprint density at radius 2 is 1.78 bits per heavy atom. The van der Waals surface area contributed by atoms with E-state index < -0.39 is 11.9 Å². The molecule has 120 valence electrons. The number of carbonyl (C=O) groups is 2. The maximum atomic E-state index is 11.7. The van der Waals surface area contributed by atoms with Crippen LogP contribution in [-0.2, 0) is 20.9 Å². The first kappa shape index (κ1) is 16.4. The number of phenolic OH excluding ortho intramolecular Hbond substituents is 1. The molecule has 0 aliphatic rings. The second-order valence-electron chi connectivity index (χ2n) is 4.58. The first-order valence-corrected chi connectivity index (χ1v) is 6.84. The number of ether oxygens (including phenoxy) is 3. The highest BCUT2D eigenvalue weighted by Gasteiger charge is 2.16. The summed E-state index contributed by atoms with van der Waals surface area (Å²) in [4.78, 5) is 23.1. The number of hydrogen-bond acceptors (Lipinski definition) is 6. The van der Waals surface area contributed by atoms with Gasteiger partial charge in [0, 0.05) is 0 Å². The van der Waals surface area contributed by atoms with Crippen LogP contribution in [0.1, 0.15) is 15.9 Å². The molecule has 1 N–H and O–H groups in total. The van der Waals surface area contributed by atoms with Crippen LogP contribution in [0.15, 0.2) is 48.5 Å². The van der Waals surface area contributed by atoms with E-state index in [9.17, 15) is 14.7 Å². The van der Waals surface area contributed by atoms with E-state index in [4.69, 9.17) is 9.47 Å². The molecule has 0 atom stereocenters. The molecule has 2 aromatic rings. The van der Waals surface area contributed by atoms with Gasteiger partial charge in [0.15, 0.2) is 18.1 Å². The minimum absolute atomic E-state index is 0.00422. The minimum atomic E-state index is -0.695. The summed E-state index contributed by atoms with van der Waals surface area (Å²) in [6, 6.07) is 13.6. The highest BCUT2D eigenvalue weighted by molar-refractivity contribution is 5.93. The molecule has 0 aliphatic carbocycles. The molecule has 0 radical (unpaired) electrons. The molecule has 0 saturated heterocycles. The molecule has 0 saturated carbocycles. The predicted molar refractivity (Wildman–Crippen MR) is 81.2 cm³/mol. The second kappa shape index (κ2) is 7.84. The highest BCUT2D eigenvalue weighted by atomic mass is 16.6. The number of aromatic hydroxyl groups is 1.